The molecule has 3 aliphatic carbocycles. The quantitative estimate of drug-likeness (QED) is 0.630. The number of allylic oxidation sites excluding steroid dienone is 2. The van der Waals surface area contributed by atoms with Crippen LogP contribution in [0.4, 0.5) is 0 Å². The molecule has 136 valence electrons. The van der Waals surface area contributed by atoms with Gasteiger partial charge < -0.3 is 9.80 Å². The summed E-state index contributed by atoms with van der Waals surface area (Å²) < 4.78 is 0. The van der Waals surface area contributed by atoms with E-state index in [1.54, 1.807) is 0 Å². The number of likely N-dealkylation sites (N-methyl/N-ethyl adjacent to an activating group) is 2. The first-order valence-corrected chi connectivity index (χ1v) is 9.65. The van der Waals surface area contributed by atoms with Gasteiger partial charge in [0.05, 0.1) is 23.9 Å². The molecule has 1 fully saturated rings. The Kier molecular flexibility index (Phi) is 3.09. The van der Waals surface area contributed by atoms with E-state index in [9.17, 15) is 9.59 Å². The largest absolute Gasteiger partial charge is 0.339 e. The van der Waals surface area contributed by atoms with Crippen LogP contribution in [-0.4, -0.2) is 47.8 Å². The van der Waals surface area contributed by atoms with E-state index in [4.69, 9.17) is 0 Å². The highest BCUT2D eigenvalue weighted by Gasteiger charge is 2.59. The third-order valence-electron chi connectivity index (χ3n) is 7.56. The molecule has 0 aromatic carbocycles. The lowest BCUT2D eigenvalue weighted by Crippen LogP contribution is -2.59. The van der Waals surface area contributed by atoms with E-state index in [-0.39, 0.29) is 47.1 Å². The third kappa shape index (κ3) is 1.80. The lowest BCUT2D eigenvalue weighted by Gasteiger charge is -2.60. The third-order valence-corrected chi connectivity index (χ3v) is 7.56. The molecule has 4 heterocycles. The Morgan fingerprint density at radius 1 is 1.00 bits per heavy atom. The van der Waals surface area contributed by atoms with Gasteiger partial charge >= 0.3 is 0 Å². The van der Waals surface area contributed by atoms with Crippen molar-refractivity contribution in [3.05, 3.63) is 47.1 Å². The summed E-state index contributed by atoms with van der Waals surface area (Å²) in [6.07, 6.45) is 12.6. The molecule has 2 amide bonds. The topological polar surface area (TPSA) is 40.6 Å². The monoisotopic (exact) mass is 350 g/mol. The van der Waals surface area contributed by atoms with Crippen molar-refractivity contribution in [2.45, 2.75) is 38.8 Å². The van der Waals surface area contributed by atoms with Crippen LogP contribution in [-0.2, 0) is 9.59 Å². The highest BCUT2D eigenvalue weighted by molar-refractivity contribution is 5.87. The summed E-state index contributed by atoms with van der Waals surface area (Å²) in [5.74, 6) is 0.421. The van der Waals surface area contributed by atoms with Crippen molar-refractivity contribution in [2.75, 3.05) is 14.1 Å². The van der Waals surface area contributed by atoms with Gasteiger partial charge in [-0.1, -0.05) is 42.9 Å². The molecule has 0 aromatic heterocycles. The molecule has 0 radical (unpaired) electrons. The summed E-state index contributed by atoms with van der Waals surface area (Å²) in [6.45, 7) is 4.53. The molecule has 6 unspecified atom stereocenters. The number of carbonyl (C=O) groups is 2. The minimum atomic E-state index is -0.163. The summed E-state index contributed by atoms with van der Waals surface area (Å²) in [6, 6.07) is 0.283. The molecule has 0 saturated heterocycles. The van der Waals surface area contributed by atoms with Crippen molar-refractivity contribution in [1.29, 1.82) is 0 Å². The van der Waals surface area contributed by atoms with Gasteiger partial charge in [0.2, 0.25) is 11.8 Å². The van der Waals surface area contributed by atoms with Crippen molar-refractivity contribution in [3.63, 3.8) is 0 Å². The van der Waals surface area contributed by atoms with E-state index in [0.29, 0.717) is 0 Å². The van der Waals surface area contributed by atoms with Gasteiger partial charge in [-0.15, -0.1) is 0 Å². The fraction of sp³-hybridized carbons (Fsp3) is 0.545. The Morgan fingerprint density at radius 3 is 2.46 bits per heavy atom. The van der Waals surface area contributed by atoms with Crippen LogP contribution in [0, 0.1) is 23.2 Å². The number of rotatable bonds is 0. The lowest BCUT2D eigenvalue weighted by molar-refractivity contribution is -0.140. The van der Waals surface area contributed by atoms with Gasteiger partial charge in [-0.2, -0.15) is 0 Å². The number of hydrogen-bond donors (Lipinski definition) is 0. The number of hydrogen-bond acceptors (Lipinski definition) is 2. The fourth-order valence-electron chi connectivity index (χ4n) is 6.02. The SMILES string of the molecule is C/C1=C2\C3=C\C4C=CC(CC3(C)C2C2C=CC(C1)N(C)C2=O)N(C)C4=O. The molecule has 6 atom stereocenters. The zero-order valence-corrected chi connectivity index (χ0v) is 15.9. The summed E-state index contributed by atoms with van der Waals surface area (Å²) in [5, 5.41) is 0. The zero-order valence-electron chi connectivity index (χ0n) is 15.9. The maximum Gasteiger partial charge on any atom is 0.233 e. The number of nitrogens with zero attached hydrogens (tertiary/aromatic N) is 2. The molecule has 4 heteroatoms. The standard InChI is InChI=1S/C22H26N2O2/c1-12-9-14-7-8-16(21(26)23(14)3)19-18(12)17-10-13-5-6-15(11-22(17,19)2)24(4)20(13)25/h5-8,10,13-16,19H,9,11H2,1-4H3/b17-10-,18-12-. The molecule has 0 N–H and O–H groups in total. The Morgan fingerprint density at radius 2 is 1.69 bits per heavy atom. The van der Waals surface area contributed by atoms with Crippen LogP contribution in [0.1, 0.15) is 26.7 Å². The van der Waals surface area contributed by atoms with Crippen LogP contribution >= 0.6 is 0 Å². The van der Waals surface area contributed by atoms with Crippen LogP contribution in [0.25, 0.3) is 0 Å². The number of carbonyl (C=O) groups excluding carboxylic acids is 2. The molecule has 0 spiro atoms. The van der Waals surface area contributed by atoms with Crippen molar-refractivity contribution in [1.82, 2.24) is 9.80 Å². The number of fused-ring (bicyclic) bond motifs is 3. The molecule has 0 aromatic rings. The highest BCUT2D eigenvalue weighted by atomic mass is 16.2. The van der Waals surface area contributed by atoms with E-state index in [0.717, 1.165) is 12.8 Å². The first-order valence-electron chi connectivity index (χ1n) is 9.65. The molecular formula is C22H26N2O2. The molecule has 7 aliphatic rings. The van der Waals surface area contributed by atoms with E-state index in [1.807, 2.05) is 23.9 Å². The molecule has 26 heavy (non-hydrogen) atoms. The predicted molar refractivity (Wildman–Crippen MR) is 100.0 cm³/mol. The maximum atomic E-state index is 13.1. The Labute approximate surface area is 154 Å². The van der Waals surface area contributed by atoms with Crippen molar-refractivity contribution in [2.24, 2.45) is 23.2 Å². The average Bonchev–Trinajstić information content (AvgIpc) is 2.59. The second-order valence-electron chi connectivity index (χ2n) is 8.93. The van der Waals surface area contributed by atoms with E-state index in [1.165, 1.54) is 16.7 Å². The summed E-state index contributed by atoms with van der Waals surface area (Å²) >= 11 is 0. The first kappa shape index (κ1) is 16.1. The van der Waals surface area contributed by atoms with Crippen LogP contribution in [0.15, 0.2) is 47.1 Å². The normalized spacial score (nSPS) is 48.2. The van der Waals surface area contributed by atoms with E-state index in [2.05, 4.69) is 44.2 Å². The maximum absolute atomic E-state index is 13.1. The minimum Gasteiger partial charge on any atom is -0.339 e. The molecular weight excluding hydrogens is 324 g/mol. The molecule has 1 saturated carbocycles. The second kappa shape index (κ2) is 4.99. The highest BCUT2D eigenvalue weighted by Crippen LogP contribution is 2.64. The average molecular weight is 350 g/mol. The van der Waals surface area contributed by atoms with Crippen molar-refractivity contribution >= 4 is 11.8 Å². The van der Waals surface area contributed by atoms with Gasteiger partial charge in [0, 0.05) is 25.4 Å². The van der Waals surface area contributed by atoms with Crippen LogP contribution in [0.3, 0.4) is 0 Å². The molecule has 4 aliphatic heterocycles. The van der Waals surface area contributed by atoms with Gasteiger partial charge in [-0.25, -0.2) is 0 Å². The van der Waals surface area contributed by atoms with E-state index >= 15 is 0 Å². The van der Waals surface area contributed by atoms with Crippen LogP contribution in [0.5, 0.6) is 0 Å². The number of amides is 2. The Balaban J connectivity index is 1.69. The van der Waals surface area contributed by atoms with Gasteiger partial charge in [0.25, 0.3) is 0 Å². The molecule has 7 rings (SSSR count). The Bertz CT molecular complexity index is 848. The Hall–Kier alpha value is -2.10. The van der Waals surface area contributed by atoms with Crippen molar-refractivity contribution < 1.29 is 9.59 Å². The van der Waals surface area contributed by atoms with Crippen molar-refractivity contribution in [3.8, 4) is 0 Å². The summed E-state index contributed by atoms with van der Waals surface area (Å²) in [5.41, 5.74) is 4.02. The second-order valence-corrected chi connectivity index (χ2v) is 8.93. The summed E-state index contributed by atoms with van der Waals surface area (Å²) in [4.78, 5) is 29.5. The molecule has 4 nitrogen and oxygen atoms in total. The lowest BCUT2D eigenvalue weighted by atomic mass is 9.46. The van der Waals surface area contributed by atoms with E-state index < -0.39 is 0 Å². The van der Waals surface area contributed by atoms with Gasteiger partial charge in [0.1, 0.15) is 0 Å². The zero-order chi connectivity index (χ0) is 18.4. The minimum absolute atomic E-state index is 0.0606. The predicted octanol–water partition coefficient (Wildman–Crippen LogP) is 2.70. The van der Waals surface area contributed by atoms with Crippen LogP contribution in [0.2, 0.25) is 0 Å². The fourth-order valence-corrected chi connectivity index (χ4v) is 6.02. The smallest absolute Gasteiger partial charge is 0.233 e. The van der Waals surface area contributed by atoms with Gasteiger partial charge in [0.15, 0.2) is 0 Å². The molecule has 4 bridgehead atoms. The first-order chi connectivity index (χ1) is 12.3. The van der Waals surface area contributed by atoms with Gasteiger partial charge in [-0.3, -0.25) is 9.59 Å². The van der Waals surface area contributed by atoms with Crippen LogP contribution < -0.4 is 0 Å². The van der Waals surface area contributed by atoms with Gasteiger partial charge in [-0.05, 0) is 30.9 Å². The summed E-state index contributed by atoms with van der Waals surface area (Å²) in [7, 11) is 3.85.